The van der Waals surface area contributed by atoms with E-state index in [9.17, 15) is 14.4 Å². The number of nitrogen functional groups attached to an aromatic ring is 1. The molecule has 128 valence electrons. The summed E-state index contributed by atoms with van der Waals surface area (Å²) in [6.07, 6.45) is 2.00. The molecule has 0 bridgehead atoms. The van der Waals surface area contributed by atoms with Crippen LogP contribution in [0.15, 0.2) is 26.4 Å². The van der Waals surface area contributed by atoms with Crippen molar-refractivity contribution in [2.24, 2.45) is 0 Å². The second kappa shape index (κ2) is 6.74. The van der Waals surface area contributed by atoms with E-state index in [2.05, 4.69) is 21.3 Å². The van der Waals surface area contributed by atoms with Gasteiger partial charge in [0, 0.05) is 12.6 Å². The van der Waals surface area contributed by atoms with Gasteiger partial charge < -0.3 is 5.73 Å². The number of hydrogen-bond donors (Lipinski definition) is 2. The predicted octanol–water partition coefficient (Wildman–Crippen LogP) is 1.22. The number of anilines is 1. The van der Waals surface area contributed by atoms with E-state index in [1.165, 1.54) is 10.1 Å². The molecule has 7 nitrogen and oxygen atoms in total. The van der Waals surface area contributed by atoms with Gasteiger partial charge in [0.1, 0.15) is 11.4 Å². The van der Waals surface area contributed by atoms with Crippen LogP contribution in [-0.4, -0.2) is 33.3 Å². The first kappa shape index (κ1) is 16.7. The number of carbonyl (C=O) groups excluding carboxylic acids is 1. The van der Waals surface area contributed by atoms with Gasteiger partial charge in [-0.15, -0.1) is 0 Å². The van der Waals surface area contributed by atoms with E-state index in [1.807, 2.05) is 5.38 Å². The van der Waals surface area contributed by atoms with Gasteiger partial charge in [0.05, 0.1) is 6.54 Å². The Morgan fingerprint density at radius 1 is 1.46 bits per heavy atom. The Morgan fingerprint density at radius 2 is 2.25 bits per heavy atom. The first-order valence-electron chi connectivity index (χ1n) is 7.94. The number of likely N-dealkylation sites (tertiary alicyclic amines) is 1. The molecule has 1 atom stereocenters. The van der Waals surface area contributed by atoms with Gasteiger partial charge in [-0.25, -0.2) is 4.79 Å². The number of rotatable bonds is 5. The maximum absolute atomic E-state index is 12.7. The Kier molecular flexibility index (Phi) is 4.68. The highest BCUT2D eigenvalue weighted by Crippen LogP contribution is 2.32. The molecule has 0 saturated carbocycles. The zero-order valence-electron chi connectivity index (χ0n) is 13.4. The normalized spacial score (nSPS) is 18.1. The van der Waals surface area contributed by atoms with Gasteiger partial charge >= 0.3 is 5.69 Å². The monoisotopic (exact) mass is 348 g/mol. The van der Waals surface area contributed by atoms with Gasteiger partial charge in [-0.3, -0.25) is 24.0 Å². The number of nitrogens with zero attached hydrogens (tertiary/aromatic N) is 2. The highest BCUT2D eigenvalue weighted by atomic mass is 32.1. The van der Waals surface area contributed by atoms with Gasteiger partial charge in [-0.05, 0) is 48.7 Å². The number of carbonyl (C=O) groups is 1. The Hall–Kier alpha value is -2.19. The third kappa shape index (κ3) is 2.94. The third-order valence-electron chi connectivity index (χ3n) is 4.47. The smallest absolute Gasteiger partial charge is 0.329 e. The summed E-state index contributed by atoms with van der Waals surface area (Å²) in [5.41, 5.74) is 5.69. The lowest BCUT2D eigenvalue weighted by Gasteiger charge is -2.23. The molecule has 1 aliphatic heterocycles. The van der Waals surface area contributed by atoms with Crippen molar-refractivity contribution < 1.29 is 4.79 Å². The molecule has 24 heavy (non-hydrogen) atoms. The molecule has 1 aliphatic rings. The van der Waals surface area contributed by atoms with E-state index in [1.54, 1.807) is 18.3 Å². The summed E-state index contributed by atoms with van der Waals surface area (Å²) in [5.74, 6) is -0.402. The number of hydrogen-bond acceptors (Lipinski definition) is 6. The van der Waals surface area contributed by atoms with Crippen molar-refractivity contribution in [2.75, 3.05) is 18.8 Å². The summed E-state index contributed by atoms with van der Waals surface area (Å²) in [6, 6.07) is 2.26. The standard InChI is InChI=1S/C16H20N4O3S/c1-2-20-14(17)13(15(22)18-16(20)23)12(21)8-19-6-3-4-11(19)10-5-7-24-9-10/h5,7,9,11H,2-4,6,8,17H2,1H3,(H,18,22,23)/t11-/m0/s1. The first-order valence-corrected chi connectivity index (χ1v) is 8.89. The van der Waals surface area contributed by atoms with Crippen molar-refractivity contribution in [3.05, 3.63) is 48.8 Å². The lowest BCUT2D eigenvalue weighted by molar-refractivity contribution is 0.0920. The molecule has 0 spiro atoms. The molecule has 3 heterocycles. The van der Waals surface area contributed by atoms with Crippen LogP contribution in [-0.2, 0) is 6.54 Å². The second-order valence-electron chi connectivity index (χ2n) is 5.87. The van der Waals surface area contributed by atoms with Crippen molar-refractivity contribution >= 4 is 22.9 Å². The molecule has 2 aromatic rings. The van der Waals surface area contributed by atoms with Crippen LogP contribution in [0.5, 0.6) is 0 Å². The average molecular weight is 348 g/mol. The van der Waals surface area contributed by atoms with Crippen LogP contribution in [0.3, 0.4) is 0 Å². The fraction of sp³-hybridized carbons (Fsp3) is 0.438. The Balaban J connectivity index is 1.88. The van der Waals surface area contributed by atoms with E-state index in [4.69, 9.17) is 5.73 Å². The molecule has 3 N–H and O–H groups in total. The number of nitrogens with one attached hydrogen (secondary N) is 1. The predicted molar refractivity (Wildman–Crippen MR) is 93.6 cm³/mol. The van der Waals surface area contributed by atoms with Crippen molar-refractivity contribution in [3.63, 3.8) is 0 Å². The largest absolute Gasteiger partial charge is 0.384 e. The molecule has 1 saturated heterocycles. The fourth-order valence-electron chi connectivity index (χ4n) is 3.29. The lowest BCUT2D eigenvalue weighted by atomic mass is 10.1. The van der Waals surface area contributed by atoms with Crippen LogP contribution < -0.4 is 17.0 Å². The van der Waals surface area contributed by atoms with E-state index in [0.29, 0.717) is 6.54 Å². The minimum absolute atomic E-state index is 0.0532. The molecule has 3 rings (SSSR count). The van der Waals surface area contributed by atoms with Crippen molar-refractivity contribution in [1.82, 2.24) is 14.5 Å². The summed E-state index contributed by atoms with van der Waals surface area (Å²) >= 11 is 1.63. The van der Waals surface area contributed by atoms with Gasteiger partial charge in [0.2, 0.25) is 0 Å². The van der Waals surface area contributed by atoms with E-state index < -0.39 is 11.2 Å². The summed E-state index contributed by atoms with van der Waals surface area (Å²) in [5, 5.41) is 4.11. The van der Waals surface area contributed by atoms with Crippen molar-refractivity contribution in [1.29, 1.82) is 0 Å². The Bertz CT molecular complexity index is 853. The first-order chi connectivity index (χ1) is 11.5. The topological polar surface area (TPSA) is 101 Å². The summed E-state index contributed by atoms with van der Waals surface area (Å²) < 4.78 is 1.20. The van der Waals surface area contributed by atoms with E-state index in [0.717, 1.165) is 19.4 Å². The number of aromatic amines is 1. The average Bonchev–Trinajstić information content (AvgIpc) is 3.17. The molecular weight excluding hydrogens is 328 g/mol. The van der Waals surface area contributed by atoms with E-state index >= 15 is 0 Å². The zero-order valence-corrected chi connectivity index (χ0v) is 14.3. The molecule has 8 heteroatoms. The van der Waals surface area contributed by atoms with Crippen LogP contribution in [0.2, 0.25) is 0 Å². The Morgan fingerprint density at radius 3 is 2.92 bits per heavy atom. The summed E-state index contributed by atoms with van der Waals surface area (Å²) in [7, 11) is 0. The van der Waals surface area contributed by atoms with Crippen LogP contribution in [0.1, 0.15) is 41.7 Å². The SMILES string of the molecule is CCn1c(N)c(C(=O)CN2CCC[C@H]2c2ccsc2)c(=O)[nH]c1=O. The van der Waals surface area contributed by atoms with Gasteiger partial charge in [0.15, 0.2) is 5.78 Å². The van der Waals surface area contributed by atoms with Crippen molar-refractivity contribution in [3.8, 4) is 0 Å². The van der Waals surface area contributed by atoms with Crippen LogP contribution in [0, 0.1) is 0 Å². The highest BCUT2D eigenvalue weighted by Gasteiger charge is 2.29. The van der Waals surface area contributed by atoms with Crippen molar-refractivity contribution in [2.45, 2.75) is 32.4 Å². The molecule has 0 unspecified atom stereocenters. The number of H-pyrrole nitrogens is 1. The second-order valence-corrected chi connectivity index (χ2v) is 6.65. The molecule has 0 radical (unpaired) electrons. The maximum Gasteiger partial charge on any atom is 0.329 e. The maximum atomic E-state index is 12.7. The zero-order chi connectivity index (χ0) is 17.3. The highest BCUT2D eigenvalue weighted by molar-refractivity contribution is 7.07. The quantitative estimate of drug-likeness (QED) is 0.791. The van der Waals surface area contributed by atoms with Crippen LogP contribution >= 0.6 is 11.3 Å². The van der Waals surface area contributed by atoms with Crippen LogP contribution in [0.25, 0.3) is 0 Å². The fourth-order valence-corrected chi connectivity index (χ4v) is 4.00. The summed E-state index contributed by atoms with van der Waals surface area (Å²) in [6.45, 7) is 2.95. The van der Waals surface area contributed by atoms with Gasteiger partial charge in [-0.2, -0.15) is 11.3 Å². The number of nitrogens with two attached hydrogens (primary N) is 1. The lowest BCUT2D eigenvalue weighted by Crippen LogP contribution is -2.39. The molecule has 0 aliphatic carbocycles. The summed E-state index contributed by atoms with van der Waals surface area (Å²) in [4.78, 5) is 40.7. The molecule has 0 amide bonds. The number of thiophene rings is 1. The Labute approximate surface area is 142 Å². The number of Topliss-reactive ketones (excluding diaryl/α,β-unsaturated/α-hetero) is 1. The number of ketones is 1. The van der Waals surface area contributed by atoms with Gasteiger partial charge in [-0.1, -0.05) is 0 Å². The van der Waals surface area contributed by atoms with E-state index in [-0.39, 0.29) is 29.8 Å². The molecular formula is C16H20N4O3S. The van der Waals surface area contributed by atoms with Crippen LogP contribution in [0.4, 0.5) is 5.82 Å². The van der Waals surface area contributed by atoms with Gasteiger partial charge in [0.25, 0.3) is 5.56 Å². The number of aromatic nitrogens is 2. The minimum atomic E-state index is -0.710. The third-order valence-corrected chi connectivity index (χ3v) is 5.17. The molecule has 1 fully saturated rings. The molecule has 2 aromatic heterocycles. The minimum Gasteiger partial charge on any atom is -0.384 e. The molecule has 0 aromatic carbocycles.